The van der Waals surface area contributed by atoms with Gasteiger partial charge >= 0.3 is 5.97 Å². The van der Waals surface area contributed by atoms with E-state index >= 15 is 0 Å². The van der Waals surface area contributed by atoms with Crippen LogP contribution in [0.25, 0.3) is 0 Å². The van der Waals surface area contributed by atoms with Gasteiger partial charge in [-0.1, -0.05) is 6.07 Å². The Labute approximate surface area is 119 Å². The summed E-state index contributed by atoms with van der Waals surface area (Å²) in [5.74, 6) is 1.34. The number of piperidine rings is 1. The first-order valence-corrected chi connectivity index (χ1v) is 7.26. The summed E-state index contributed by atoms with van der Waals surface area (Å²) in [6, 6.07) is 5.73. The fourth-order valence-electron chi connectivity index (χ4n) is 2.45. The lowest BCUT2D eigenvalue weighted by molar-refractivity contribution is -0.148. The van der Waals surface area contributed by atoms with E-state index in [1.54, 1.807) is 0 Å². The number of aromatic nitrogens is 1. The van der Waals surface area contributed by atoms with Gasteiger partial charge in [-0.2, -0.15) is 4.98 Å². The van der Waals surface area contributed by atoms with Crippen molar-refractivity contribution in [3.05, 3.63) is 18.2 Å². The summed E-state index contributed by atoms with van der Waals surface area (Å²) in [4.78, 5) is 18.5. The van der Waals surface area contributed by atoms with E-state index in [2.05, 4.69) is 9.88 Å². The van der Waals surface area contributed by atoms with Crippen molar-refractivity contribution in [2.24, 2.45) is 5.92 Å². The fraction of sp³-hybridized carbons (Fsp3) is 0.600. The monoisotopic (exact) mass is 278 g/mol. The summed E-state index contributed by atoms with van der Waals surface area (Å²) in [6.45, 7) is 6.40. The smallest absolute Gasteiger partial charge is 0.310 e. The lowest BCUT2D eigenvalue weighted by Crippen LogP contribution is -2.39. The van der Waals surface area contributed by atoms with Gasteiger partial charge in [0.05, 0.1) is 19.1 Å². The second kappa shape index (κ2) is 7.12. The number of esters is 1. The molecule has 0 bridgehead atoms. The summed E-state index contributed by atoms with van der Waals surface area (Å²) < 4.78 is 10.5. The Bertz CT molecular complexity index is 450. The van der Waals surface area contributed by atoms with Crippen LogP contribution in [0.2, 0.25) is 0 Å². The highest BCUT2D eigenvalue weighted by molar-refractivity contribution is 5.73. The van der Waals surface area contributed by atoms with Crippen LogP contribution in [-0.2, 0) is 9.53 Å². The van der Waals surface area contributed by atoms with Gasteiger partial charge in [0.25, 0.3) is 0 Å². The molecule has 20 heavy (non-hydrogen) atoms. The van der Waals surface area contributed by atoms with Crippen LogP contribution < -0.4 is 9.64 Å². The number of carbonyl (C=O) groups excluding carboxylic acids is 1. The van der Waals surface area contributed by atoms with E-state index in [4.69, 9.17) is 9.47 Å². The molecule has 0 aromatic carbocycles. The maximum absolute atomic E-state index is 11.9. The zero-order valence-electron chi connectivity index (χ0n) is 12.2. The third-order valence-electron chi connectivity index (χ3n) is 3.37. The van der Waals surface area contributed by atoms with Crippen molar-refractivity contribution in [1.82, 2.24) is 4.98 Å². The number of ether oxygens (including phenoxy) is 2. The Morgan fingerprint density at radius 3 is 3.00 bits per heavy atom. The molecule has 1 unspecified atom stereocenters. The minimum atomic E-state index is -0.0989. The molecule has 1 aromatic heterocycles. The van der Waals surface area contributed by atoms with Crippen LogP contribution in [0.15, 0.2) is 18.2 Å². The summed E-state index contributed by atoms with van der Waals surface area (Å²) >= 11 is 0. The van der Waals surface area contributed by atoms with Crippen LogP contribution in [0.1, 0.15) is 26.7 Å². The van der Waals surface area contributed by atoms with Crippen LogP contribution in [0.3, 0.4) is 0 Å². The molecular formula is C15H22N2O3. The van der Waals surface area contributed by atoms with E-state index in [0.717, 1.165) is 25.2 Å². The summed E-state index contributed by atoms with van der Waals surface area (Å²) in [5, 5.41) is 0. The normalized spacial score (nSPS) is 18.7. The molecule has 5 heteroatoms. The highest BCUT2D eigenvalue weighted by Crippen LogP contribution is 2.24. The molecule has 110 valence electrons. The lowest BCUT2D eigenvalue weighted by atomic mass is 9.98. The van der Waals surface area contributed by atoms with E-state index < -0.39 is 0 Å². The van der Waals surface area contributed by atoms with E-state index in [0.29, 0.717) is 25.6 Å². The van der Waals surface area contributed by atoms with Crippen molar-refractivity contribution in [3.63, 3.8) is 0 Å². The summed E-state index contributed by atoms with van der Waals surface area (Å²) in [6.07, 6.45) is 1.87. The van der Waals surface area contributed by atoms with Crippen molar-refractivity contribution in [2.75, 3.05) is 31.2 Å². The van der Waals surface area contributed by atoms with Crippen LogP contribution in [0, 0.1) is 5.92 Å². The molecule has 5 nitrogen and oxygen atoms in total. The van der Waals surface area contributed by atoms with Gasteiger partial charge in [0.2, 0.25) is 5.88 Å². The van der Waals surface area contributed by atoms with Crippen molar-refractivity contribution < 1.29 is 14.3 Å². The molecule has 0 saturated carbocycles. The zero-order chi connectivity index (χ0) is 14.4. The Kier molecular flexibility index (Phi) is 5.21. The largest absolute Gasteiger partial charge is 0.478 e. The van der Waals surface area contributed by atoms with Gasteiger partial charge in [-0.3, -0.25) is 4.79 Å². The highest BCUT2D eigenvalue weighted by atomic mass is 16.5. The van der Waals surface area contributed by atoms with E-state index in [1.807, 2.05) is 32.0 Å². The van der Waals surface area contributed by atoms with Gasteiger partial charge in [0, 0.05) is 19.2 Å². The van der Waals surface area contributed by atoms with Gasteiger partial charge in [0.15, 0.2) is 0 Å². The molecule has 1 atom stereocenters. The average Bonchev–Trinajstić information content (AvgIpc) is 2.48. The standard InChI is InChI=1S/C15H22N2O3/c1-3-19-14-9-5-8-13(16-14)17-10-6-7-12(11-17)15(18)20-4-2/h5,8-9,12H,3-4,6-7,10-11H2,1-2H3. The maximum atomic E-state index is 11.9. The number of hydrogen-bond donors (Lipinski definition) is 0. The molecule has 1 saturated heterocycles. The number of nitrogens with zero attached hydrogens (tertiary/aromatic N) is 2. The molecular weight excluding hydrogens is 256 g/mol. The highest BCUT2D eigenvalue weighted by Gasteiger charge is 2.27. The van der Waals surface area contributed by atoms with E-state index in [1.165, 1.54) is 0 Å². The molecule has 0 spiro atoms. The fourth-order valence-corrected chi connectivity index (χ4v) is 2.45. The molecule has 0 amide bonds. The number of anilines is 1. The topological polar surface area (TPSA) is 51.7 Å². The summed E-state index contributed by atoms with van der Waals surface area (Å²) in [5.41, 5.74) is 0. The molecule has 2 rings (SSSR count). The first-order valence-electron chi connectivity index (χ1n) is 7.26. The SMILES string of the molecule is CCOC(=O)C1CCCN(c2cccc(OCC)n2)C1. The van der Waals surface area contributed by atoms with Crippen molar-refractivity contribution in [3.8, 4) is 5.88 Å². The van der Waals surface area contributed by atoms with Crippen molar-refractivity contribution >= 4 is 11.8 Å². The number of carbonyl (C=O) groups is 1. The Morgan fingerprint density at radius 1 is 1.40 bits per heavy atom. The van der Waals surface area contributed by atoms with Gasteiger partial charge in [0.1, 0.15) is 5.82 Å². The lowest BCUT2D eigenvalue weighted by Gasteiger charge is -2.32. The second-order valence-corrected chi connectivity index (χ2v) is 4.80. The van der Waals surface area contributed by atoms with Gasteiger partial charge in [-0.15, -0.1) is 0 Å². The molecule has 1 aliphatic heterocycles. The minimum Gasteiger partial charge on any atom is -0.478 e. The van der Waals surface area contributed by atoms with Crippen molar-refractivity contribution in [1.29, 1.82) is 0 Å². The van der Waals surface area contributed by atoms with E-state index in [-0.39, 0.29) is 11.9 Å². The van der Waals surface area contributed by atoms with Gasteiger partial charge in [-0.05, 0) is 32.8 Å². The molecule has 2 heterocycles. The zero-order valence-corrected chi connectivity index (χ0v) is 12.2. The minimum absolute atomic E-state index is 0.0544. The quantitative estimate of drug-likeness (QED) is 0.773. The number of hydrogen-bond acceptors (Lipinski definition) is 5. The Morgan fingerprint density at radius 2 is 2.25 bits per heavy atom. The Hall–Kier alpha value is -1.78. The first-order chi connectivity index (χ1) is 9.74. The maximum Gasteiger partial charge on any atom is 0.310 e. The number of pyridine rings is 1. The molecule has 1 aliphatic rings. The van der Waals surface area contributed by atoms with E-state index in [9.17, 15) is 4.79 Å². The molecule has 0 N–H and O–H groups in total. The first kappa shape index (κ1) is 14.6. The van der Waals surface area contributed by atoms with Crippen molar-refractivity contribution in [2.45, 2.75) is 26.7 Å². The predicted molar refractivity (Wildman–Crippen MR) is 77.0 cm³/mol. The van der Waals surface area contributed by atoms with Crippen LogP contribution >= 0.6 is 0 Å². The number of rotatable bonds is 5. The predicted octanol–water partition coefficient (Wildman–Crippen LogP) is 2.26. The van der Waals surface area contributed by atoms with Crippen LogP contribution in [-0.4, -0.2) is 37.3 Å². The van der Waals surface area contributed by atoms with Crippen LogP contribution in [0.5, 0.6) is 5.88 Å². The molecule has 0 radical (unpaired) electrons. The third kappa shape index (κ3) is 3.62. The molecule has 1 fully saturated rings. The Balaban J connectivity index is 2.04. The van der Waals surface area contributed by atoms with Crippen LogP contribution in [0.4, 0.5) is 5.82 Å². The second-order valence-electron chi connectivity index (χ2n) is 4.80. The summed E-state index contributed by atoms with van der Waals surface area (Å²) in [7, 11) is 0. The molecule has 1 aromatic rings. The van der Waals surface area contributed by atoms with Gasteiger partial charge in [-0.25, -0.2) is 0 Å². The van der Waals surface area contributed by atoms with Gasteiger partial charge < -0.3 is 14.4 Å². The third-order valence-corrected chi connectivity index (χ3v) is 3.37. The average molecular weight is 278 g/mol. The molecule has 0 aliphatic carbocycles.